The molecule has 2 rings (SSSR count). The fourth-order valence-corrected chi connectivity index (χ4v) is 2.28. The molecule has 0 saturated carbocycles. The van der Waals surface area contributed by atoms with Gasteiger partial charge in [0.2, 0.25) is 0 Å². The van der Waals surface area contributed by atoms with E-state index in [-0.39, 0.29) is 24.0 Å². The van der Waals surface area contributed by atoms with Crippen LogP contribution >= 0.6 is 24.0 Å². The first kappa shape index (κ1) is 19.3. The second kappa shape index (κ2) is 10.1. The molecule has 0 atom stereocenters. The van der Waals surface area contributed by atoms with Gasteiger partial charge in [0, 0.05) is 39.1 Å². The Balaban J connectivity index is 0.00000264. The van der Waals surface area contributed by atoms with E-state index in [9.17, 15) is 0 Å². The van der Waals surface area contributed by atoms with Crippen molar-refractivity contribution in [1.82, 2.24) is 15.2 Å². The lowest BCUT2D eigenvalue weighted by Crippen LogP contribution is -2.38. The number of aromatic nitrogens is 1. The molecule has 2 N–H and O–H groups in total. The number of nitrogens with zero attached hydrogens (tertiary/aromatic N) is 2. The van der Waals surface area contributed by atoms with Crippen LogP contribution in [0.4, 0.5) is 0 Å². The smallest absolute Gasteiger partial charge is 0.191 e. The number of guanidine groups is 1. The van der Waals surface area contributed by atoms with Crippen LogP contribution in [0.25, 0.3) is 0 Å². The van der Waals surface area contributed by atoms with Gasteiger partial charge in [-0.05, 0) is 36.2 Å². The van der Waals surface area contributed by atoms with Crippen LogP contribution in [0, 0.1) is 6.92 Å². The summed E-state index contributed by atoms with van der Waals surface area (Å²) in [5.74, 6) is 1.72. The number of rotatable bonds is 6. The number of halogens is 1. The Bertz CT molecular complexity index is 611. The van der Waals surface area contributed by atoms with Crippen molar-refractivity contribution < 1.29 is 4.74 Å². The van der Waals surface area contributed by atoms with Gasteiger partial charge in [-0.3, -0.25) is 4.99 Å². The summed E-state index contributed by atoms with van der Waals surface area (Å²) >= 11 is 0. The molecule has 0 spiro atoms. The van der Waals surface area contributed by atoms with Crippen molar-refractivity contribution in [3.05, 3.63) is 53.9 Å². The molecule has 5 nitrogen and oxygen atoms in total. The lowest BCUT2D eigenvalue weighted by atomic mass is 10.1. The van der Waals surface area contributed by atoms with Gasteiger partial charge in [0.25, 0.3) is 0 Å². The number of aryl methyl sites for hydroxylation is 1. The monoisotopic (exact) mass is 428 g/mol. The molecule has 1 heterocycles. The van der Waals surface area contributed by atoms with E-state index in [1.807, 2.05) is 25.1 Å². The number of aliphatic imine (C=N–C) groups is 1. The zero-order chi connectivity index (χ0) is 15.8. The summed E-state index contributed by atoms with van der Waals surface area (Å²) < 4.78 is 7.41. The zero-order valence-corrected chi connectivity index (χ0v) is 16.2. The van der Waals surface area contributed by atoms with Crippen LogP contribution in [0.3, 0.4) is 0 Å². The highest BCUT2D eigenvalue weighted by Crippen LogP contribution is 2.18. The van der Waals surface area contributed by atoms with Crippen LogP contribution in [-0.4, -0.2) is 31.2 Å². The number of hydrogen-bond acceptors (Lipinski definition) is 2. The lowest BCUT2D eigenvalue weighted by Gasteiger charge is -2.13. The highest BCUT2D eigenvalue weighted by atomic mass is 127. The first-order chi connectivity index (χ1) is 10.7. The van der Waals surface area contributed by atoms with Gasteiger partial charge in [-0.25, -0.2) is 0 Å². The summed E-state index contributed by atoms with van der Waals surface area (Å²) in [5.41, 5.74) is 2.34. The Morgan fingerprint density at radius 3 is 2.57 bits per heavy atom. The highest BCUT2D eigenvalue weighted by molar-refractivity contribution is 14.0. The summed E-state index contributed by atoms with van der Waals surface area (Å²) in [6, 6.07) is 10.2. The van der Waals surface area contributed by atoms with Crippen molar-refractivity contribution in [1.29, 1.82) is 0 Å². The van der Waals surface area contributed by atoms with Gasteiger partial charge in [0.15, 0.2) is 5.96 Å². The third-order valence-corrected chi connectivity index (χ3v) is 3.47. The SMILES string of the molecule is CN=C(NCCn1cccc1)NCc1ccc(OC)c(C)c1.I. The summed E-state index contributed by atoms with van der Waals surface area (Å²) in [4.78, 5) is 4.24. The van der Waals surface area contributed by atoms with Gasteiger partial charge in [-0.2, -0.15) is 0 Å². The molecule has 2 aromatic rings. The molecule has 0 aliphatic carbocycles. The fraction of sp³-hybridized carbons (Fsp3) is 0.353. The molecule has 6 heteroatoms. The molecule has 0 saturated heterocycles. The third-order valence-electron chi connectivity index (χ3n) is 3.47. The van der Waals surface area contributed by atoms with E-state index in [1.165, 1.54) is 5.56 Å². The Hall–Kier alpha value is -1.70. The van der Waals surface area contributed by atoms with E-state index in [4.69, 9.17) is 4.74 Å². The molecular weight excluding hydrogens is 403 g/mol. The van der Waals surface area contributed by atoms with Crippen molar-refractivity contribution in [3.8, 4) is 5.75 Å². The topological polar surface area (TPSA) is 50.6 Å². The van der Waals surface area contributed by atoms with Crippen molar-refractivity contribution in [2.24, 2.45) is 4.99 Å². The van der Waals surface area contributed by atoms with Crippen LogP contribution in [0.5, 0.6) is 5.75 Å². The molecule has 0 aliphatic heterocycles. The van der Waals surface area contributed by atoms with Gasteiger partial charge in [-0.1, -0.05) is 12.1 Å². The minimum atomic E-state index is 0. The minimum absolute atomic E-state index is 0. The molecule has 126 valence electrons. The van der Waals surface area contributed by atoms with Gasteiger partial charge < -0.3 is 19.9 Å². The minimum Gasteiger partial charge on any atom is -0.496 e. The number of benzene rings is 1. The zero-order valence-electron chi connectivity index (χ0n) is 13.9. The van der Waals surface area contributed by atoms with Gasteiger partial charge >= 0.3 is 0 Å². The lowest BCUT2D eigenvalue weighted by molar-refractivity contribution is 0.411. The van der Waals surface area contributed by atoms with Gasteiger partial charge in [0.1, 0.15) is 5.75 Å². The van der Waals surface area contributed by atoms with Crippen LogP contribution in [-0.2, 0) is 13.1 Å². The van der Waals surface area contributed by atoms with Gasteiger partial charge in [-0.15, -0.1) is 24.0 Å². The predicted octanol–water partition coefficient (Wildman–Crippen LogP) is 2.79. The van der Waals surface area contributed by atoms with Crippen molar-refractivity contribution in [2.45, 2.75) is 20.0 Å². The van der Waals surface area contributed by atoms with E-state index in [0.29, 0.717) is 0 Å². The van der Waals surface area contributed by atoms with Crippen LogP contribution < -0.4 is 15.4 Å². The summed E-state index contributed by atoms with van der Waals surface area (Å²) in [5, 5.41) is 6.63. The van der Waals surface area contributed by atoms with Crippen molar-refractivity contribution in [3.63, 3.8) is 0 Å². The molecule has 0 fully saturated rings. The molecule has 0 unspecified atom stereocenters. The van der Waals surface area contributed by atoms with Crippen LogP contribution in [0.1, 0.15) is 11.1 Å². The molecule has 23 heavy (non-hydrogen) atoms. The van der Waals surface area contributed by atoms with Crippen LogP contribution in [0.2, 0.25) is 0 Å². The molecule has 1 aromatic carbocycles. The third kappa shape index (κ3) is 6.13. The van der Waals surface area contributed by atoms with Crippen LogP contribution in [0.15, 0.2) is 47.7 Å². The highest BCUT2D eigenvalue weighted by Gasteiger charge is 2.02. The summed E-state index contributed by atoms with van der Waals surface area (Å²) in [7, 11) is 3.47. The van der Waals surface area contributed by atoms with Crippen molar-refractivity contribution >= 4 is 29.9 Å². The van der Waals surface area contributed by atoms with E-state index in [1.54, 1.807) is 14.2 Å². The Kier molecular flexibility index (Phi) is 8.53. The predicted molar refractivity (Wildman–Crippen MR) is 106 cm³/mol. The normalized spacial score (nSPS) is 10.8. The molecular formula is C17H25IN4O. The van der Waals surface area contributed by atoms with E-state index in [0.717, 1.165) is 36.9 Å². The maximum Gasteiger partial charge on any atom is 0.191 e. The maximum absolute atomic E-state index is 5.28. The average molecular weight is 428 g/mol. The Labute approximate surface area is 155 Å². The van der Waals surface area contributed by atoms with E-state index in [2.05, 4.69) is 44.7 Å². The summed E-state index contributed by atoms with van der Waals surface area (Å²) in [6.07, 6.45) is 4.11. The summed E-state index contributed by atoms with van der Waals surface area (Å²) in [6.45, 7) is 4.52. The Morgan fingerprint density at radius 1 is 1.22 bits per heavy atom. The van der Waals surface area contributed by atoms with E-state index >= 15 is 0 Å². The number of hydrogen-bond donors (Lipinski definition) is 2. The van der Waals surface area contributed by atoms with E-state index < -0.39 is 0 Å². The molecule has 0 bridgehead atoms. The Morgan fingerprint density at radius 2 is 1.96 bits per heavy atom. The molecule has 0 aliphatic rings. The quantitative estimate of drug-likeness (QED) is 0.423. The average Bonchev–Trinajstić information content (AvgIpc) is 3.04. The molecule has 0 amide bonds. The maximum atomic E-state index is 5.28. The standard InChI is InChI=1S/C17H24N4O.HI/c1-14-12-15(6-7-16(14)22-3)13-20-17(18-2)19-8-11-21-9-4-5-10-21;/h4-7,9-10,12H,8,11,13H2,1-3H3,(H2,18,19,20);1H. The first-order valence-electron chi connectivity index (χ1n) is 7.41. The molecule has 0 radical (unpaired) electrons. The second-order valence-electron chi connectivity index (χ2n) is 5.08. The van der Waals surface area contributed by atoms with Crippen molar-refractivity contribution in [2.75, 3.05) is 20.7 Å². The fourth-order valence-electron chi connectivity index (χ4n) is 2.28. The second-order valence-corrected chi connectivity index (χ2v) is 5.08. The number of ether oxygens (including phenoxy) is 1. The number of nitrogens with one attached hydrogen (secondary N) is 2. The largest absolute Gasteiger partial charge is 0.496 e. The van der Waals surface area contributed by atoms with Gasteiger partial charge in [0.05, 0.1) is 7.11 Å². The molecule has 1 aromatic heterocycles. The first-order valence-corrected chi connectivity index (χ1v) is 7.41. The number of methoxy groups -OCH3 is 1.